The second-order valence-electron chi connectivity index (χ2n) is 4.45. The molecule has 0 N–H and O–H groups in total. The summed E-state index contributed by atoms with van der Waals surface area (Å²) in [5, 5.41) is 0. The summed E-state index contributed by atoms with van der Waals surface area (Å²) in [4.78, 5) is 11.6. The van der Waals surface area contributed by atoms with E-state index >= 15 is 0 Å². The molecule has 0 spiro atoms. The van der Waals surface area contributed by atoms with Crippen LogP contribution in [0.3, 0.4) is 0 Å². The highest BCUT2D eigenvalue weighted by Crippen LogP contribution is 2.14. The molecule has 0 saturated carbocycles. The average Bonchev–Trinajstić information content (AvgIpc) is 2.87. The lowest BCUT2D eigenvalue weighted by atomic mass is 10.1. The summed E-state index contributed by atoms with van der Waals surface area (Å²) in [6.07, 6.45) is 3.31. The standard InChI is InChI=1S/C14H17BrO3/c15-12-4-1-3-11(9-12)6-7-14(16)18-10-13-5-2-8-17-13/h1,3-4,9,13H,2,5-8,10H2. The van der Waals surface area contributed by atoms with Gasteiger partial charge < -0.3 is 9.47 Å². The number of ether oxygens (including phenoxy) is 2. The van der Waals surface area contributed by atoms with Gasteiger partial charge in [0, 0.05) is 17.5 Å². The Balaban J connectivity index is 1.68. The average molecular weight is 313 g/mol. The fraction of sp³-hybridized carbons (Fsp3) is 0.500. The molecule has 1 aromatic carbocycles. The molecule has 1 heterocycles. The highest BCUT2D eigenvalue weighted by atomic mass is 79.9. The van der Waals surface area contributed by atoms with E-state index in [-0.39, 0.29) is 12.1 Å². The number of hydrogen-bond acceptors (Lipinski definition) is 3. The SMILES string of the molecule is O=C(CCc1cccc(Br)c1)OCC1CCCO1. The van der Waals surface area contributed by atoms with Gasteiger partial charge in [0.1, 0.15) is 6.61 Å². The van der Waals surface area contributed by atoms with Crippen molar-refractivity contribution in [3.05, 3.63) is 34.3 Å². The Labute approximate surface area is 116 Å². The molecule has 98 valence electrons. The van der Waals surface area contributed by atoms with Crippen molar-refractivity contribution in [2.45, 2.75) is 31.8 Å². The first-order chi connectivity index (χ1) is 8.74. The Morgan fingerprint density at radius 1 is 1.50 bits per heavy atom. The summed E-state index contributed by atoms with van der Waals surface area (Å²) >= 11 is 3.41. The molecule has 1 aliphatic heterocycles. The lowest BCUT2D eigenvalue weighted by Gasteiger charge is -2.10. The van der Waals surface area contributed by atoms with E-state index in [1.807, 2.05) is 24.3 Å². The highest BCUT2D eigenvalue weighted by Gasteiger charge is 2.17. The Morgan fingerprint density at radius 3 is 3.11 bits per heavy atom. The summed E-state index contributed by atoms with van der Waals surface area (Å²) in [6.45, 7) is 1.19. The van der Waals surface area contributed by atoms with Crippen LogP contribution in [0.1, 0.15) is 24.8 Å². The van der Waals surface area contributed by atoms with Crippen molar-refractivity contribution in [3.63, 3.8) is 0 Å². The molecule has 4 heteroatoms. The maximum Gasteiger partial charge on any atom is 0.306 e. The van der Waals surface area contributed by atoms with Crippen LogP contribution in [0.2, 0.25) is 0 Å². The Kier molecular flexibility index (Phi) is 5.20. The van der Waals surface area contributed by atoms with E-state index in [9.17, 15) is 4.79 Å². The van der Waals surface area contributed by atoms with Gasteiger partial charge in [-0.1, -0.05) is 28.1 Å². The molecule has 1 fully saturated rings. The lowest BCUT2D eigenvalue weighted by molar-refractivity contribution is -0.146. The van der Waals surface area contributed by atoms with Gasteiger partial charge in [0.2, 0.25) is 0 Å². The molecule has 18 heavy (non-hydrogen) atoms. The van der Waals surface area contributed by atoms with Crippen LogP contribution in [0, 0.1) is 0 Å². The molecule has 1 atom stereocenters. The smallest absolute Gasteiger partial charge is 0.306 e. The van der Waals surface area contributed by atoms with Crippen LogP contribution in [0.25, 0.3) is 0 Å². The molecule has 2 rings (SSSR count). The van der Waals surface area contributed by atoms with Crippen molar-refractivity contribution in [2.24, 2.45) is 0 Å². The predicted octanol–water partition coefficient (Wildman–Crippen LogP) is 3.10. The monoisotopic (exact) mass is 312 g/mol. The van der Waals surface area contributed by atoms with Gasteiger partial charge in [-0.3, -0.25) is 4.79 Å². The number of hydrogen-bond donors (Lipinski definition) is 0. The molecule has 1 saturated heterocycles. The van der Waals surface area contributed by atoms with Crippen LogP contribution in [0.15, 0.2) is 28.7 Å². The van der Waals surface area contributed by atoms with Crippen molar-refractivity contribution in [2.75, 3.05) is 13.2 Å². The fourth-order valence-electron chi connectivity index (χ4n) is 1.97. The first kappa shape index (κ1) is 13.6. The van der Waals surface area contributed by atoms with E-state index in [0.717, 1.165) is 29.5 Å². The van der Waals surface area contributed by atoms with Crippen molar-refractivity contribution >= 4 is 21.9 Å². The highest BCUT2D eigenvalue weighted by molar-refractivity contribution is 9.10. The predicted molar refractivity (Wildman–Crippen MR) is 72.4 cm³/mol. The van der Waals surface area contributed by atoms with E-state index in [1.165, 1.54) is 0 Å². The van der Waals surface area contributed by atoms with Crippen molar-refractivity contribution in [3.8, 4) is 0 Å². The zero-order valence-electron chi connectivity index (χ0n) is 10.2. The van der Waals surface area contributed by atoms with Gasteiger partial charge >= 0.3 is 5.97 Å². The van der Waals surface area contributed by atoms with Crippen LogP contribution in [-0.4, -0.2) is 25.3 Å². The molecule has 0 radical (unpaired) electrons. The Morgan fingerprint density at radius 2 is 2.39 bits per heavy atom. The zero-order valence-corrected chi connectivity index (χ0v) is 11.8. The summed E-state index contributed by atoms with van der Waals surface area (Å²) in [5.74, 6) is -0.148. The topological polar surface area (TPSA) is 35.5 Å². The van der Waals surface area contributed by atoms with Gasteiger partial charge in [0.05, 0.1) is 6.10 Å². The van der Waals surface area contributed by atoms with Gasteiger partial charge in [0.25, 0.3) is 0 Å². The quantitative estimate of drug-likeness (QED) is 0.784. The van der Waals surface area contributed by atoms with Crippen molar-refractivity contribution in [1.82, 2.24) is 0 Å². The van der Waals surface area contributed by atoms with Crippen LogP contribution < -0.4 is 0 Å². The minimum atomic E-state index is -0.148. The number of aryl methyl sites for hydroxylation is 1. The Bertz CT molecular complexity index is 400. The lowest BCUT2D eigenvalue weighted by Crippen LogP contribution is -2.18. The number of rotatable bonds is 5. The van der Waals surface area contributed by atoms with Crippen LogP contribution in [0.4, 0.5) is 0 Å². The molecule has 0 aliphatic carbocycles. The summed E-state index contributed by atoms with van der Waals surface area (Å²) in [7, 11) is 0. The summed E-state index contributed by atoms with van der Waals surface area (Å²) in [5.41, 5.74) is 1.14. The molecule has 3 nitrogen and oxygen atoms in total. The first-order valence-electron chi connectivity index (χ1n) is 6.26. The van der Waals surface area contributed by atoms with E-state index in [2.05, 4.69) is 15.9 Å². The maximum atomic E-state index is 11.6. The molecule has 1 aromatic rings. The molecule has 0 amide bonds. The summed E-state index contributed by atoms with van der Waals surface area (Å²) in [6, 6.07) is 7.97. The molecule has 0 bridgehead atoms. The van der Waals surface area contributed by atoms with Crippen molar-refractivity contribution in [1.29, 1.82) is 0 Å². The molecule has 1 aliphatic rings. The van der Waals surface area contributed by atoms with Gasteiger partial charge in [-0.2, -0.15) is 0 Å². The fourth-order valence-corrected chi connectivity index (χ4v) is 2.42. The number of carbonyl (C=O) groups is 1. The third-order valence-electron chi connectivity index (χ3n) is 2.96. The minimum absolute atomic E-state index is 0.111. The van der Waals surface area contributed by atoms with Crippen molar-refractivity contribution < 1.29 is 14.3 Å². The first-order valence-corrected chi connectivity index (χ1v) is 7.05. The van der Waals surface area contributed by atoms with Crippen LogP contribution in [0.5, 0.6) is 0 Å². The Hall–Kier alpha value is -0.870. The van der Waals surface area contributed by atoms with Crippen LogP contribution >= 0.6 is 15.9 Å². The number of benzene rings is 1. The molecule has 1 unspecified atom stereocenters. The molecular formula is C14H17BrO3. The number of halogens is 1. The van der Waals surface area contributed by atoms with E-state index in [1.54, 1.807) is 0 Å². The number of carbonyl (C=O) groups excluding carboxylic acids is 1. The maximum absolute atomic E-state index is 11.6. The molecular weight excluding hydrogens is 296 g/mol. The second-order valence-corrected chi connectivity index (χ2v) is 5.36. The van der Waals surface area contributed by atoms with E-state index < -0.39 is 0 Å². The molecule has 0 aromatic heterocycles. The number of esters is 1. The van der Waals surface area contributed by atoms with Gasteiger partial charge in [-0.25, -0.2) is 0 Å². The van der Waals surface area contributed by atoms with Gasteiger partial charge in [-0.15, -0.1) is 0 Å². The second kappa shape index (κ2) is 6.90. The van der Waals surface area contributed by atoms with Crippen LogP contribution in [-0.2, 0) is 20.7 Å². The normalized spacial score (nSPS) is 18.8. The zero-order chi connectivity index (χ0) is 12.8. The van der Waals surface area contributed by atoms with E-state index in [4.69, 9.17) is 9.47 Å². The third kappa shape index (κ3) is 4.42. The van der Waals surface area contributed by atoms with E-state index in [0.29, 0.717) is 19.4 Å². The van der Waals surface area contributed by atoms with Gasteiger partial charge in [0.15, 0.2) is 0 Å². The largest absolute Gasteiger partial charge is 0.463 e. The minimum Gasteiger partial charge on any atom is -0.463 e. The third-order valence-corrected chi connectivity index (χ3v) is 3.45. The van der Waals surface area contributed by atoms with Gasteiger partial charge in [-0.05, 0) is 37.0 Å². The summed E-state index contributed by atoms with van der Waals surface area (Å²) < 4.78 is 11.6.